The number of benzene rings is 1. The van der Waals surface area contributed by atoms with Crippen LogP contribution in [0.4, 0.5) is 0 Å². The van der Waals surface area contributed by atoms with Gasteiger partial charge in [-0.1, -0.05) is 15.9 Å². The van der Waals surface area contributed by atoms with Gasteiger partial charge in [-0.3, -0.25) is 0 Å². The third kappa shape index (κ3) is 1.99. The molecule has 0 amide bonds. The Kier molecular flexibility index (Phi) is 3.12. The van der Waals surface area contributed by atoms with Crippen LogP contribution in [0.5, 0.6) is 5.75 Å². The number of hydrogen-bond donors (Lipinski definition) is 0. The smallest absolute Gasteiger partial charge is 0.243 e. The van der Waals surface area contributed by atoms with Gasteiger partial charge in [0.1, 0.15) is 5.75 Å². The Morgan fingerprint density at radius 1 is 1.58 bits per heavy atom. The van der Waals surface area contributed by atoms with Gasteiger partial charge in [-0.2, -0.15) is 0 Å². The first-order chi connectivity index (χ1) is 5.77. The quantitative estimate of drug-likeness (QED) is 0.707. The summed E-state index contributed by atoms with van der Waals surface area (Å²) in [6, 6.07) is 5.66. The summed E-state index contributed by atoms with van der Waals surface area (Å²) in [4.78, 5) is 3.30. The largest absolute Gasteiger partial charge is 0.496 e. The lowest BCUT2D eigenvalue weighted by atomic mass is 10.2. The number of methoxy groups -OCH3 is 1. The average Bonchev–Trinajstić information content (AvgIpc) is 2.08. The lowest BCUT2D eigenvalue weighted by Crippen LogP contribution is -1.89. The van der Waals surface area contributed by atoms with Gasteiger partial charge >= 0.3 is 0 Å². The van der Waals surface area contributed by atoms with Crippen molar-refractivity contribution in [3.05, 3.63) is 39.7 Å². The number of halogens is 1. The van der Waals surface area contributed by atoms with Gasteiger partial charge in [0.05, 0.1) is 12.7 Å². The summed E-state index contributed by atoms with van der Waals surface area (Å²) < 4.78 is 6.07. The minimum absolute atomic E-state index is 0.371. The fraction of sp³-hybridized carbons (Fsp3) is 0.222. The lowest BCUT2D eigenvalue weighted by Gasteiger charge is -2.03. The molecule has 62 valence electrons. The number of rotatable bonds is 2. The van der Waals surface area contributed by atoms with E-state index in [2.05, 4.69) is 20.8 Å². The summed E-state index contributed by atoms with van der Waals surface area (Å²) in [5.41, 5.74) is 0.927. The highest BCUT2D eigenvalue weighted by Gasteiger charge is 2.04. The molecule has 2 nitrogen and oxygen atoms in total. The Morgan fingerprint density at radius 2 is 2.33 bits per heavy atom. The lowest BCUT2D eigenvalue weighted by molar-refractivity contribution is 0.410. The van der Waals surface area contributed by atoms with Gasteiger partial charge in [-0.05, 0) is 18.2 Å². The summed E-state index contributed by atoms with van der Waals surface area (Å²) in [6.07, 6.45) is 0. The third-order valence-electron chi connectivity index (χ3n) is 1.50. The van der Waals surface area contributed by atoms with Gasteiger partial charge in [0.15, 0.2) is 0 Å². The van der Waals surface area contributed by atoms with Gasteiger partial charge in [0.25, 0.3) is 0 Å². The Labute approximate surface area is 80.1 Å². The van der Waals surface area contributed by atoms with Crippen LogP contribution in [0.15, 0.2) is 22.7 Å². The van der Waals surface area contributed by atoms with E-state index in [1.807, 2.05) is 18.2 Å². The van der Waals surface area contributed by atoms with E-state index in [0.29, 0.717) is 6.54 Å². The van der Waals surface area contributed by atoms with Crippen LogP contribution >= 0.6 is 15.9 Å². The summed E-state index contributed by atoms with van der Waals surface area (Å²) in [5, 5.41) is 0. The van der Waals surface area contributed by atoms with E-state index >= 15 is 0 Å². The van der Waals surface area contributed by atoms with E-state index in [1.54, 1.807) is 7.11 Å². The molecule has 0 aliphatic carbocycles. The Balaban J connectivity index is 3.04. The normalized spacial score (nSPS) is 9.08. The van der Waals surface area contributed by atoms with Crippen LogP contribution < -0.4 is 4.74 Å². The van der Waals surface area contributed by atoms with Crippen LogP contribution in [0.3, 0.4) is 0 Å². The topological polar surface area (TPSA) is 13.6 Å². The third-order valence-corrected chi connectivity index (χ3v) is 1.99. The molecule has 0 atom stereocenters. The minimum atomic E-state index is 0.371. The van der Waals surface area contributed by atoms with Gasteiger partial charge < -0.3 is 9.58 Å². The molecule has 0 fully saturated rings. The molecule has 1 rings (SSSR count). The number of hydrogen-bond acceptors (Lipinski definition) is 1. The van der Waals surface area contributed by atoms with E-state index in [4.69, 9.17) is 11.3 Å². The zero-order valence-electron chi connectivity index (χ0n) is 6.67. The highest BCUT2D eigenvalue weighted by Crippen LogP contribution is 2.23. The van der Waals surface area contributed by atoms with E-state index in [0.717, 1.165) is 15.8 Å². The summed E-state index contributed by atoms with van der Waals surface area (Å²) >= 11 is 3.33. The molecular formula is C9H8BrNO. The number of ether oxygens (including phenoxy) is 1. The van der Waals surface area contributed by atoms with Crippen molar-refractivity contribution in [2.24, 2.45) is 0 Å². The molecule has 0 saturated carbocycles. The van der Waals surface area contributed by atoms with Crippen molar-refractivity contribution in [2.45, 2.75) is 6.54 Å². The Hall–Kier alpha value is -1.01. The van der Waals surface area contributed by atoms with Crippen molar-refractivity contribution < 1.29 is 4.74 Å². The van der Waals surface area contributed by atoms with Crippen molar-refractivity contribution >= 4 is 15.9 Å². The van der Waals surface area contributed by atoms with Crippen molar-refractivity contribution in [3.8, 4) is 5.75 Å². The highest BCUT2D eigenvalue weighted by atomic mass is 79.9. The second-order valence-corrected chi connectivity index (χ2v) is 3.19. The monoisotopic (exact) mass is 225 g/mol. The molecule has 0 saturated heterocycles. The minimum Gasteiger partial charge on any atom is -0.496 e. The second-order valence-electron chi connectivity index (χ2n) is 2.27. The molecule has 0 unspecified atom stereocenters. The maximum Gasteiger partial charge on any atom is 0.243 e. The molecule has 1 aromatic rings. The average molecular weight is 226 g/mol. The molecule has 0 aromatic heterocycles. The van der Waals surface area contributed by atoms with Crippen LogP contribution in [-0.2, 0) is 6.54 Å². The van der Waals surface area contributed by atoms with Crippen LogP contribution in [0.25, 0.3) is 4.85 Å². The Morgan fingerprint density at radius 3 is 2.92 bits per heavy atom. The second kappa shape index (κ2) is 4.13. The molecule has 1 aromatic carbocycles. The molecule has 0 heterocycles. The summed E-state index contributed by atoms with van der Waals surface area (Å²) in [7, 11) is 1.61. The van der Waals surface area contributed by atoms with Crippen molar-refractivity contribution in [1.29, 1.82) is 0 Å². The predicted octanol–water partition coefficient (Wildman–Crippen LogP) is 2.88. The van der Waals surface area contributed by atoms with Crippen LogP contribution in [-0.4, -0.2) is 7.11 Å². The van der Waals surface area contributed by atoms with E-state index in [-0.39, 0.29) is 0 Å². The van der Waals surface area contributed by atoms with Gasteiger partial charge in [-0.25, -0.2) is 6.57 Å². The molecule has 0 aliphatic rings. The first-order valence-corrected chi connectivity index (χ1v) is 4.23. The maximum absolute atomic E-state index is 6.72. The fourth-order valence-electron chi connectivity index (χ4n) is 0.934. The molecule has 0 N–H and O–H groups in total. The van der Waals surface area contributed by atoms with Gasteiger partial charge in [0, 0.05) is 4.47 Å². The number of nitrogens with zero attached hydrogens (tertiary/aromatic N) is 1. The first-order valence-electron chi connectivity index (χ1n) is 3.43. The maximum atomic E-state index is 6.72. The SMILES string of the molecule is [C-]#[N+]Cc1ccc(Br)cc1OC. The predicted molar refractivity (Wildman–Crippen MR) is 51.0 cm³/mol. The van der Waals surface area contributed by atoms with Gasteiger partial charge in [0.2, 0.25) is 6.54 Å². The fourth-order valence-corrected chi connectivity index (χ4v) is 1.27. The van der Waals surface area contributed by atoms with E-state index in [1.165, 1.54) is 0 Å². The molecule has 3 heteroatoms. The van der Waals surface area contributed by atoms with Crippen LogP contribution in [0.2, 0.25) is 0 Å². The first kappa shape index (κ1) is 9.08. The molecular weight excluding hydrogens is 218 g/mol. The standard InChI is InChI=1S/C9H8BrNO/c1-11-6-7-3-4-8(10)5-9(7)12-2/h3-5H,6H2,2H3. The van der Waals surface area contributed by atoms with Crippen molar-refractivity contribution in [1.82, 2.24) is 0 Å². The molecule has 0 bridgehead atoms. The van der Waals surface area contributed by atoms with Crippen LogP contribution in [0, 0.1) is 6.57 Å². The molecule has 0 aliphatic heterocycles. The molecule has 12 heavy (non-hydrogen) atoms. The highest BCUT2D eigenvalue weighted by molar-refractivity contribution is 9.10. The van der Waals surface area contributed by atoms with Crippen LogP contribution in [0.1, 0.15) is 5.56 Å². The summed E-state index contributed by atoms with van der Waals surface area (Å²) in [6.45, 7) is 7.09. The Bertz CT molecular complexity index is 317. The zero-order valence-corrected chi connectivity index (χ0v) is 8.26. The summed E-state index contributed by atoms with van der Waals surface area (Å²) in [5.74, 6) is 0.764. The zero-order chi connectivity index (χ0) is 8.97. The van der Waals surface area contributed by atoms with Crippen molar-refractivity contribution in [2.75, 3.05) is 7.11 Å². The molecule has 0 radical (unpaired) electrons. The van der Waals surface area contributed by atoms with E-state index < -0.39 is 0 Å². The molecule has 0 spiro atoms. The van der Waals surface area contributed by atoms with E-state index in [9.17, 15) is 0 Å². The van der Waals surface area contributed by atoms with Crippen molar-refractivity contribution in [3.63, 3.8) is 0 Å². The van der Waals surface area contributed by atoms with Gasteiger partial charge in [-0.15, -0.1) is 0 Å².